The van der Waals surface area contributed by atoms with Gasteiger partial charge in [-0.3, -0.25) is 4.98 Å². The van der Waals surface area contributed by atoms with Crippen LogP contribution in [-0.2, 0) is 21.1 Å². The van der Waals surface area contributed by atoms with E-state index in [0.717, 1.165) is 39.4 Å². The predicted octanol–water partition coefficient (Wildman–Crippen LogP) is 12.1. The van der Waals surface area contributed by atoms with Crippen molar-refractivity contribution in [2.45, 2.75) is 0 Å². The van der Waals surface area contributed by atoms with Gasteiger partial charge in [0.15, 0.2) is 0 Å². The molecular weight excluding hydrogens is 830 g/mol. The van der Waals surface area contributed by atoms with Crippen LogP contribution in [-0.4, -0.2) is 14.5 Å². The topological polar surface area (TPSA) is 39.9 Å². The van der Waals surface area contributed by atoms with Crippen LogP contribution in [0.3, 0.4) is 0 Å². The number of pyridine rings is 1. The van der Waals surface area contributed by atoms with Crippen molar-refractivity contribution in [2.75, 3.05) is 0 Å². The van der Waals surface area contributed by atoms with Crippen LogP contribution in [0.5, 0.6) is 11.5 Å². The number of aromatic nitrogens is 3. The van der Waals surface area contributed by atoms with Crippen molar-refractivity contribution in [2.24, 2.45) is 0 Å². The Hall–Kier alpha value is -6.35. The van der Waals surface area contributed by atoms with Crippen molar-refractivity contribution >= 4 is 11.0 Å². The van der Waals surface area contributed by atoms with Gasteiger partial charge < -0.3 is 14.3 Å². The summed E-state index contributed by atoms with van der Waals surface area (Å²) >= 11 is 0. The van der Waals surface area contributed by atoms with E-state index < -0.39 is 0 Å². The Morgan fingerprint density at radius 3 is 1.60 bits per heavy atom. The van der Waals surface area contributed by atoms with Crippen LogP contribution in [0.25, 0.3) is 83.9 Å². The van der Waals surface area contributed by atoms with Gasteiger partial charge in [0.1, 0.15) is 0 Å². The molecule has 1 aliphatic carbocycles. The number of ether oxygens (including phenoxy) is 1. The van der Waals surface area contributed by atoms with Gasteiger partial charge in [0.25, 0.3) is 0 Å². The van der Waals surface area contributed by atoms with Crippen LogP contribution in [0.2, 0.25) is 0 Å². The van der Waals surface area contributed by atoms with Crippen LogP contribution in [0, 0.1) is 12.1 Å². The van der Waals surface area contributed by atoms with Gasteiger partial charge in [-0.05, 0) is 80.5 Å². The fraction of sp³-hybridized carbons (Fsp3) is 0. The van der Waals surface area contributed by atoms with Crippen LogP contribution < -0.4 is 4.74 Å². The van der Waals surface area contributed by atoms with Gasteiger partial charge in [0, 0.05) is 23.4 Å². The minimum atomic E-state index is 0. The van der Waals surface area contributed by atoms with Gasteiger partial charge in [-0.15, -0.1) is 47.5 Å². The molecule has 7 aromatic carbocycles. The minimum absolute atomic E-state index is 0. The molecule has 0 bridgehead atoms. The summed E-state index contributed by atoms with van der Waals surface area (Å²) in [5, 5.41) is 0. The van der Waals surface area contributed by atoms with Crippen LogP contribution in [0.1, 0.15) is 0 Å². The summed E-state index contributed by atoms with van der Waals surface area (Å²) in [5.74, 6) is 1.95. The number of rotatable bonds is 5. The number of para-hydroxylation sites is 2. The smallest absolute Gasteiger partial charge is 0.497 e. The van der Waals surface area contributed by atoms with E-state index in [9.17, 15) is 0 Å². The Morgan fingerprint density at radius 2 is 0.981 bits per heavy atom. The zero-order valence-corrected chi connectivity index (χ0v) is 30.6. The molecule has 0 spiro atoms. The van der Waals surface area contributed by atoms with Gasteiger partial charge in [-0.25, -0.2) is 0 Å². The molecule has 0 unspecified atom stereocenters. The maximum atomic E-state index is 6.35. The van der Waals surface area contributed by atoms with Crippen molar-refractivity contribution < 1.29 is 25.8 Å². The Kier molecular flexibility index (Phi) is 8.38. The largest absolute Gasteiger partial charge is 2.00 e. The van der Waals surface area contributed by atoms with E-state index in [1.54, 1.807) is 6.20 Å². The molecule has 0 saturated heterocycles. The quantitative estimate of drug-likeness (QED) is 0.162. The summed E-state index contributed by atoms with van der Waals surface area (Å²) in [4.78, 5) is 9.65. The van der Waals surface area contributed by atoms with Gasteiger partial charge >= 0.3 is 21.1 Å². The monoisotopic (exact) mass is 858 g/mol. The zero-order valence-electron chi connectivity index (χ0n) is 28.3. The maximum Gasteiger partial charge on any atom is 2.00 e. The third-order valence-electron chi connectivity index (χ3n) is 9.70. The molecule has 0 aliphatic heterocycles. The standard InChI is InChI=1S/C48H29N3O.Pt/c1-2-18-38-37(17-1)39-19-3-4-21-41(39)43-27-26-34(31-44(43)42-22-6-5-20-40(38)42)51-47-25-8-7-24-46(47)50-48(51)33-14-12-16-36(30-33)52-35-15-11-13-32(29-35)45-23-9-10-28-49-45;/h1-28,31H;/q-2;+2. The summed E-state index contributed by atoms with van der Waals surface area (Å²) in [6.45, 7) is 0. The number of nitrogens with zero attached hydrogens (tertiary/aromatic N) is 3. The van der Waals surface area contributed by atoms with Crippen molar-refractivity contribution in [3.63, 3.8) is 0 Å². The number of benzene rings is 7. The molecule has 0 fully saturated rings. The average molecular weight is 859 g/mol. The molecule has 0 N–H and O–H groups in total. The summed E-state index contributed by atoms with van der Waals surface area (Å²) in [5.41, 5.74) is 15.1. The predicted molar refractivity (Wildman–Crippen MR) is 209 cm³/mol. The maximum absolute atomic E-state index is 6.35. The fourth-order valence-corrected chi connectivity index (χ4v) is 7.39. The van der Waals surface area contributed by atoms with Crippen LogP contribution in [0.4, 0.5) is 0 Å². The molecule has 0 amide bonds. The second-order valence-electron chi connectivity index (χ2n) is 12.8. The van der Waals surface area contributed by atoms with Gasteiger partial charge in [0.2, 0.25) is 0 Å². The first-order valence-electron chi connectivity index (χ1n) is 17.3. The van der Waals surface area contributed by atoms with Gasteiger partial charge in [-0.1, -0.05) is 115 Å². The zero-order chi connectivity index (χ0) is 34.4. The number of hydrogen-bond acceptors (Lipinski definition) is 3. The average Bonchev–Trinajstić information content (AvgIpc) is 3.61. The second-order valence-corrected chi connectivity index (χ2v) is 12.8. The van der Waals surface area contributed by atoms with E-state index in [4.69, 9.17) is 9.72 Å². The van der Waals surface area contributed by atoms with Gasteiger partial charge in [-0.2, -0.15) is 0 Å². The van der Waals surface area contributed by atoms with Crippen LogP contribution >= 0.6 is 0 Å². The molecule has 0 radical (unpaired) electrons. The molecule has 0 atom stereocenters. The normalized spacial score (nSPS) is 11.2. The van der Waals surface area contributed by atoms with E-state index in [1.807, 2.05) is 60.7 Å². The Bertz CT molecular complexity index is 2780. The number of fused-ring (bicyclic) bond motifs is 9. The van der Waals surface area contributed by atoms with E-state index in [1.165, 1.54) is 44.5 Å². The molecule has 2 aromatic heterocycles. The van der Waals surface area contributed by atoms with E-state index in [2.05, 4.69) is 131 Å². The third kappa shape index (κ3) is 5.78. The Morgan fingerprint density at radius 1 is 0.453 bits per heavy atom. The summed E-state index contributed by atoms with van der Waals surface area (Å²) < 4.78 is 8.58. The number of imidazole rings is 1. The first kappa shape index (κ1) is 32.5. The summed E-state index contributed by atoms with van der Waals surface area (Å²) in [7, 11) is 0. The van der Waals surface area contributed by atoms with Crippen molar-refractivity contribution in [1.29, 1.82) is 0 Å². The van der Waals surface area contributed by atoms with Crippen LogP contribution in [0.15, 0.2) is 176 Å². The summed E-state index contributed by atoms with van der Waals surface area (Å²) in [6.07, 6.45) is 1.78. The van der Waals surface area contributed by atoms with E-state index >= 15 is 0 Å². The second kappa shape index (κ2) is 13.7. The molecule has 4 nitrogen and oxygen atoms in total. The minimum Gasteiger partial charge on any atom is -0.497 e. The summed E-state index contributed by atoms with van der Waals surface area (Å²) in [6, 6.07) is 65.7. The Balaban J connectivity index is 0.00000372. The van der Waals surface area contributed by atoms with Crippen molar-refractivity contribution in [3.05, 3.63) is 188 Å². The SMILES string of the molecule is [Pt+2].[c-]1c(Oc2[c-]c(-c3nc4ccccc4n3-c3ccc4c(c3)-c3ccccc3-c3ccccc3-c3ccccc3-4)ccc2)cccc1-c1ccccn1. The van der Waals surface area contributed by atoms with Gasteiger partial charge in [0.05, 0.1) is 16.9 Å². The van der Waals surface area contributed by atoms with Crippen molar-refractivity contribution in [1.82, 2.24) is 14.5 Å². The van der Waals surface area contributed by atoms with E-state index in [-0.39, 0.29) is 21.1 Å². The molecule has 5 heteroatoms. The Labute approximate surface area is 322 Å². The molecular formula is C48H29N3OPt. The molecule has 252 valence electrons. The molecule has 1 aliphatic rings. The third-order valence-corrected chi connectivity index (χ3v) is 9.70. The molecule has 53 heavy (non-hydrogen) atoms. The number of hydrogen-bond donors (Lipinski definition) is 0. The first-order chi connectivity index (χ1) is 25.8. The van der Waals surface area contributed by atoms with Crippen molar-refractivity contribution in [3.8, 4) is 84.3 Å². The van der Waals surface area contributed by atoms with E-state index in [0.29, 0.717) is 11.5 Å². The fourth-order valence-electron chi connectivity index (χ4n) is 7.39. The molecule has 2 heterocycles. The first-order valence-corrected chi connectivity index (χ1v) is 17.3. The molecule has 0 saturated carbocycles. The molecule has 10 rings (SSSR count). The molecule has 9 aromatic rings.